The maximum atomic E-state index is 5.22. The highest BCUT2D eigenvalue weighted by Crippen LogP contribution is 2.32. The molecule has 8 nitrogen and oxygen atoms in total. The summed E-state index contributed by atoms with van der Waals surface area (Å²) >= 11 is 0. The van der Waals surface area contributed by atoms with Gasteiger partial charge >= 0.3 is 0 Å². The lowest BCUT2D eigenvalue weighted by Gasteiger charge is -2.04. The second-order valence-corrected chi connectivity index (χ2v) is 7.06. The predicted octanol–water partition coefficient (Wildman–Crippen LogP) is 4.53. The van der Waals surface area contributed by atoms with Gasteiger partial charge in [-0.1, -0.05) is 0 Å². The van der Waals surface area contributed by atoms with Gasteiger partial charge in [0.15, 0.2) is 5.82 Å². The van der Waals surface area contributed by atoms with Crippen LogP contribution >= 0.6 is 0 Å². The molecule has 0 aliphatic rings. The van der Waals surface area contributed by atoms with Crippen LogP contribution in [0, 0.1) is 6.92 Å². The molecule has 2 N–H and O–H groups in total. The van der Waals surface area contributed by atoms with Crippen LogP contribution in [0.15, 0.2) is 66.1 Å². The molecule has 0 atom stereocenters. The summed E-state index contributed by atoms with van der Waals surface area (Å²) in [6.07, 6.45) is 12.3. The summed E-state index contributed by atoms with van der Waals surface area (Å²) in [5, 5.41) is 8.48. The number of pyridine rings is 3. The molecule has 8 heteroatoms. The van der Waals surface area contributed by atoms with Gasteiger partial charge in [-0.2, -0.15) is 5.10 Å². The lowest BCUT2D eigenvalue weighted by molar-refractivity contribution is 0.568. The number of rotatable bonds is 3. The van der Waals surface area contributed by atoms with Gasteiger partial charge in [-0.25, -0.2) is 4.98 Å². The minimum Gasteiger partial charge on any atom is -0.472 e. The van der Waals surface area contributed by atoms with Crippen LogP contribution in [0.4, 0.5) is 0 Å². The highest BCUT2D eigenvalue weighted by atomic mass is 16.3. The number of hydrogen-bond donors (Lipinski definition) is 2. The first-order valence-corrected chi connectivity index (χ1v) is 9.40. The molecule has 0 saturated carbocycles. The van der Waals surface area contributed by atoms with Crippen molar-refractivity contribution in [1.82, 2.24) is 35.1 Å². The average Bonchev–Trinajstić information content (AvgIpc) is 3.51. The fourth-order valence-electron chi connectivity index (χ4n) is 3.65. The molecule has 6 heterocycles. The van der Waals surface area contributed by atoms with Crippen molar-refractivity contribution in [3.05, 3.63) is 67.3 Å². The first kappa shape index (κ1) is 16.6. The number of nitrogens with one attached hydrogen (secondary N) is 2. The molecule has 0 radical (unpaired) electrons. The second kappa shape index (κ2) is 6.35. The van der Waals surface area contributed by atoms with Gasteiger partial charge in [-0.15, -0.1) is 0 Å². The number of imidazole rings is 1. The normalized spacial score (nSPS) is 11.5. The lowest BCUT2D eigenvalue weighted by Crippen LogP contribution is -1.88. The third kappa shape index (κ3) is 2.51. The van der Waals surface area contributed by atoms with E-state index < -0.39 is 0 Å². The summed E-state index contributed by atoms with van der Waals surface area (Å²) in [6.45, 7) is 2.04. The van der Waals surface area contributed by atoms with Crippen LogP contribution < -0.4 is 0 Å². The van der Waals surface area contributed by atoms with Crippen LogP contribution in [0.2, 0.25) is 0 Å². The van der Waals surface area contributed by atoms with Gasteiger partial charge in [0.1, 0.15) is 11.2 Å². The fourth-order valence-corrected chi connectivity index (χ4v) is 3.65. The number of aryl methyl sites for hydroxylation is 1. The van der Waals surface area contributed by atoms with Crippen LogP contribution in [0.25, 0.3) is 55.8 Å². The molecule has 6 rings (SSSR count). The van der Waals surface area contributed by atoms with Crippen molar-refractivity contribution in [3.8, 4) is 33.9 Å². The topological polar surface area (TPSA) is 109 Å². The first-order valence-electron chi connectivity index (χ1n) is 9.40. The lowest BCUT2D eigenvalue weighted by atomic mass is 10.1. The van der Waals surface area contributed by atoms with Crippen molar-refractivity contribution in [1.29, 1.82) is 0 Å². The maximum Gasteiger partial charge on any atom is 0.159 e. The van der Waals surface area contributed by atoms with Gasteiger partial charge in [0.25, 0.3) is 0 Å². The molecule has 0 spiro atoms. The number of nitrogens with zero attached hydrogens (tertiary/aromatic N) is 5. The van der Waals surface area contributed by atoms with Crippen molar-refractivity contribution in [2.75, 3.05) is 0 Å². The SMILES string of the molecule is Cc1ccncc1-c1cc2c(-c3nc4c(-c5ccoc5)cncc4[nH]3)n[nH]c2cn1. The Balaban J connectivity index is 1.53. The molecule has 0 bridgehead atoms. The van der Waals surface area contributed by atoms with Gasteiger partial charge in [0.2, 0.25) is 0 Å². The molecule has 6 aromatic rings. The molecule has 0 aliphatic carbocycles. The summed E-state index contributed by atoms with van der Waals surface area (Å²) in [4.78, 5) is 21.3. The van der Waals surface area contributed by atoms with Gasteiger partial charge in [-0.3, -0.25) is 20.1 Å². The molecule has 0 aliphatic heterocycles. The van der Waals surface area contributed by atoms with E-state index in [1.54, 1.807) is 37.3 Å². The van der Waals surface area contributed by atoms with Gasteiger partial charge in [0, 0.05) is 40.7 Å². The monoisotopic (exact) mass is 393 g/mol. The quantitative estimate of drug-likeness (QED) is 0.457. The maximum absolute atomic E-state index is 5.22. The van der Waals surface area contributed by atoms with E-state index in [2.05, 4.69) is 30.1 Å². The van der Waals surface area contributed by atoms with E-state index in [-0.39, 0.29) is 0 Å². The van der Waals surface area contributed by atoms with Crippen LogP contribution in [-0.4, -0.2) is 35.1 Å². The Bertz CT molecular complexity index is 1510. The fraction of sp³-hybridized carbons (Fsp3) is 0.0455. The van der Waals surface area contributed by atoms with E-state index in [9.17, 15) is 0 Å². The molecule has 0 unspecified atom stereocenters. The van der Waals surface area contributed by atoms with Crippen molar-refractivity contribution in [3.63, 3.8) is 0 Å². The molecule has 0 aromatic carbocycles. The number of aromatic amines is 2. The minimum atomic E-state index is 0.661. The number of furan rings is 1. The zero-order valence-electron chi connectivity index (χ0n) is 15.9. The first-order chi connectivity index (χ1) is 14.8. The van der Waals surface area contributed by atoms with Gasteiger partial charge in [0.05, 0.1) is 41.6 Å². The summed E-state index contributed by atoms with van der Waals surface area (Å²) in [6, 6.07) is 5.88. The van der Waals surface area contributed by atoms with Crippen molar-refractivity contribution >= 4 is 21.9 Å². The Morgan fingerprint density at radius 1 is 0.967 bits per heavy atom. The van der Waals surface area contributed by atoms with Gasteiger partial charge in [-0.05, 0) is 30.7 Å². The number of aromatic nitrogens is 7. The molecule has 0 fully saturated rings. The van der Waals surface area contributed by atoms with E-state index in [1.165, 1.54) is 0 Å². The zero-order valence-corrected chi connectivity index (χ0v) is 15.9. The minimum absolute atomic E-state index is 0.661. The summed E-state index contributed by atoms with van der Waals surface area (Å²) < 4.78 is 5.22. The van der Waals surface area contributed by atoms with Crippen molar-refractivity contribution in [2.45, 2.75) is 6.92 Å². The predicted molar refractivity (Wildman–Crippen MR) is 112 cm³/mol. The smallest absolute Gasteiger partial charge is 0.159 e. The Morgan fingerprint density at radius 2 is 1.90 bits per heavy atom. The third-order valence-electron chi connectivity index (χ3n) is 5.21. The highest BCUT2D eigenvalue weighted by Gasteiger charge is 2.17. The molecule has 0 amide bonds. The van der Waals surface area contributed by atoms with E-state index in [4.69, 9.17) is 9.40 Å². The van der Waals surface area contributed by atoms with Crippen LogP contribution in [0.5, 0.6) is 0 Å². The van der Waals surface area contributed by atoms with Crippen LogP contribution in [-0.2, 0) is 0 Å². The molecule has 6 aromatic heterocycles. The average molecular weight is 393 g/mol. The van der Waals surface area contributed by atoms with E-state index in [0.717, 1.165) is 55.6 Å². The summed E-state index contributed by atoms with van der Waals surface area (Å²) in [5.41, 5.74) is 7.98. The van der Waals surface area contributed by atoms with E-state index in [1.807, 2.05) is 31.3 Å². The Hall–Kier alpha value is -4.33. The van der Waals surface area contributed by atoms with E-state index in [0.29, 0.717) is 5.82 Å². The Morgan fingerprint density at radius 3 is 2.77 bits per heavy atom. The molecular formula is C22H15N7O. The largest absolute Gasteiger partial charge is 0.472 e. The summed E-state index contributed by atoms with van der Waals surface area (Å²) in [7, 11) is 0. The Labute approximate surface area is 170 Å². The van der Waals surface area contributed by atoms with Crippen molar-refractivity contribution < 1.29 is 4.42 Å². The summed E-state index contributed by atoms with van der Waals surface area (Å²) in [5.74, 6) is 0.661. The number of fused-ring (bicyclic) bond motifs is 2. The zero-order chi connectivity index (χ0) is 20.1. The highest BCUT2D eigenvalue weighted by molar-refractivity contribution is 5.97. The van der Waals surface area contributed by atoms with Crippen LogP contribution in [0.3, 0.4) is 0 Å². The third-order valence-corrected chi connectivity index (χ3v) is 5.21. The Kier molecular flexibility index (Phi) is 3.51. The molecule has 144 valence electrons. The molecular weight excluding hydrogens is 378 g/mol. The molecule has 0 saturated heterocycles. The van der Waals surface area contributed by atoms with Crippen molar-refractivity contribution in [2.24, 2.45) is 0 Å². The number of hydrogen-bond acceptors (Lipinski definition) is 6. The second-order valence-electron chi connectivity index (χ2n) is 7.06. The standard InChI is InChI=1S/C22H15N7O/c1-12-2-4-23-7-15(12)17-6-14-18(10-25-17)28-29-21(14)22-26-19-9-24-8-16(20(19)27-22)13-3-5-30-11-13/h2-11H,1H3,(H,26,27)(H,28,29). The van der Waals surface area contributed by atoms with Gasteiger partial charge < -0.3 is 9.40 Å². The molecule has 30 heavy (non-hydrogen) atoms. The number of H-pyrrole nitrogens is 2. The van der Waals surface area contributed by atoms with Crippen LogP contribution in [0.1, 0.15) is 5.56 Å². The van der Waals surface area contributed by atoms with E-state index >= 15 is 0 Å².